The number of aromatic nitrogens is 2. The molecular formula is C15H18N4OS. The molecule has 2 aromatic rings. The van der Waals surface area contributed by atoms with Crippen LogP contribution in [-0.2, 0) is 11.2 Å². The molecule has 0 aromatic carbocycles. The molecule has 1 aliphatic rings. The van der Waals surface area contributed by atoms with Gasteiger partial charge in [-0.3, -0.25) is 4.79 Å². The molecule has 0 unspecified atom stereocenters. The molecule has 3 heterocycles. The number of hydrogen-bond donors (Lipinski definition) is 1. The number of thiophene rings is 1. The predicted molar refractivity (Wildman–Crippen MR) is 83.4 cm³/mol. The Morgan fingerprint density at radius 3 is 2.71 bits per heavy atom. The monoisotopic (exact) mass is 302 g/mol. The fourth-order valence-electron chi connectivity index (χ4n) is 2.53. The summed E-state index contributed by atoms with van der Waals surface area (Å²) in [5.74, 6) is 0.896. The summed E-state index contributed by atoms with van der Waals surface area (Å²) in [6, 6.07) is 6.06. The number of hydrogen-bond acceptors (Lipinski definition) is 5. The van der Waals surface area contributed by atoms with Gasteiger partial charge >= 0.3 is 0 Å². The molecule has 1 aliphatic heterocycles. The largest absolute Gasteiger partial charge is 0.353 e. The maximum Gasteiger partial charge on any atom is 0.225 e. The van der Waals surface area contributed by atoms with Crippen LogP contribution in [0.1, 0.15) is 17.7 Å². The summed E-state index contributed by atoms with van der Waals surface area (Å²) >= 11 is 1.63. The van der Waals surface area contributed by atoms with Crippen molar-refractivity contribution in [1.82, 2.24) is 15.3 Å². The average Bonchev–Trinajstić information content (AvgIpc) is 3.02. The standard InChI is InChI=1S/C15H18N4OS/c20-14(11-13-3-1-10-21-13)18-12-4-8-19(9-5-12)15-16-6-2-7-17-15/h1-3,6-7,10,12H,4-5,8-9,11H2,(H,18,20). The zero-order valence-electron chi connectivity index (χ0n) is 11.7. The molecule has 0 saturated carbocycles. The van der Waals surface area contributed by atoms with E-state index in [4.69, 9.17) is 0 Å². The first-order valence-corrected chi connectivity index (χ1v) is 8.03. The van der Waals surface area contributed by atoms with Gasteiger partial charge in [-0.1, -0.05) is 6.07 Å². The first-order chi connectivity index (χ1) is 10.3. The van der Waals surface area contributed by atoms with Crippen LogP contribution in [0.5, 0.6) is 0 Å². The Balaban J connectivity index is 1.46. The van der Waals surface area contributed by atoms with Gasteiger partial charge in [-0.25, -0.2) is 9.97 Å². The van der Waals surface area contributed by atoms with E-state index in [1.54, 1.807) is 23.7 Å². The van der Waals surface area contributed by atoms with Gasteiger partial charge in [0.15, 0.2) is 0 Å². The van der Waals surface area contributed by atoms with Crippen molar-refractivity contribution in [3.8, 4) is 0 Å². The Labute approximate surface area is 128 Å². The summed E-state index contributed by atoms with van der Waals surface area (Å²) in [5.41, 5.74) is 0. The number of carbonyl (C=O) groups excluding carboxylic acids is 1. The van der Waals surface area contributed by atoms with Gasteiger partial charge in [0.25, 0.3) is 0 Å². The second kappa shape index (κ2) is 6.67. The molecule has 110 valence electrons. The first kappa shape index (κ1) is 14.0. The topological polar surface area (TPSA) is 58.1 Å². The highest BCUT2D eigenvalue weighted by molar-refractivity contribution is 7.10. The zero-order valence-corrected chi connectivity index (χ0v) is 12.6. The molecule has 1 fully saturated rings. The van der Waals surface area contributed by atoms with Crippen molar-refractivity contribution in [2.24, 2.45) is 0 Å². The van der Waals surface area contributed by atoms with Crippen LogP contribution in [-0.4, -0.2) is 35.0 Å². The van der Waals surface area contributed by atoms with E-state index in [1.807, 2.05) is 23.6 Å². The lowest BCUT2D eigenvalue weighted by Gasteiger charge is -2.32. The minimum absolute atomic E-state index is 0.117. The number of rotatable bonds is 4. The maximum absolute atomic E-state index is 12.0. The minimum atomic E-state index is 0.117. The van der Waals surface area contributed by atoms with Gasteiger partial charge in [0.05, 0.1) is 6.42 Å². The van der Waals surface area contributed by atoms with Gasteiger partial charge in [-0.2, -0.15) is 0 Å². The summed E-state index contributed by atoms with van der Waals surface area (Å²) in [6.45, 7) is 1.77. The van der Waals surface area contributed by atoms with Crippen LogP contribution in [0.3, 0.4) is 0 Å². The van der Waals surface area contributed by atoms with Crippen molar-refractivity contribution in [3.05, 3.63) is 40.8 Å². The molecule has 6 heteroatoms. The lowest BCUT2D eigenvalue weighted by atomic mass is 10.1. The predicted octanol–water partition coefficient (Wildman–Crippen LogP) is 1.87. The zero-order chi connectivity index (χ0) is 14.5. The molecule has 5 nitrogen and oxygen atoms in total. The molecule has 0 spiro atoms. The van der Waals surface area contributed by atoms with Gasteiger partial charge < -0.3 is 10.2 Å². The highest BCUT2D eigenvalue weighted by Crippen LogP contribution is 2.16. The molecular weight excluding hydrogens is 284 g/mol. The Morgan fingerprint density at radius 2 is 2.05 bits per heavy atom. The summed E-state index contributed by atoms with van der Waals surface area (Å²) in [6.07, 6.45) is 5.89. The molecule has 21 heavy (non-hydrogen) atoms. The van der Waals surface area contributed by atoms with Crippen LogP contribution in [0, 0.1) is 0 Å². The lowest BCUT2D eigenvalue weighted by Crippen LogP contribution is -2.45. The number of nitrogens with zero attached hydrogens (tertiary/aromatic N) is 3. The normalized spacial score (nSPS) is 15.9. The van der Waals surface area contributed by atoms with Crippen LogP contribution in [0.2, 0.25) is 0 Å². The number of nitrogens with one attached hydrogen (secondary N) is 1. The van der Waals surface area contributed by atoms with Gasteiger partial charge in [0.1, 0.15) is 0 Å². The molecule has 1 N–H and O–H groups in total. The Hall–Kier alpha value is -1.95. The third kappa shape index (κ3) is 3.78. The number of carbonyl (C=O) groups is 1. The Bertz CT molecular complexity index is 565. The van der Waals surface area contributed by atoms with Crippen molar-refractivity contribution in [2.45, 2.75) is 25.3 Å². The molecule has 0 radical (unpaired) electrons. The van der Waals surface area contributed by atoms with Gasteiger partial charge in [0.2, 0.25) is 11.9 Å². The van der Waals surface area contributed by atoms with Crippen molar-refractivity contribution in [2.75, 3.05) is 18.0 Å². The van der Waals surface area contributed by atoms with Crippen LogP contribution in [0.4, 0.5) is 5.95 Å². The van der Waals surface area contributed by atoms with E-state index in [9.17, 15) is 4.79 Å². The van der Waals surface area contributed by atoms with Crippen molar-refractivity contribution < 1.29 is 4.79 Å². The van der Waals surface area contributed by atoms with E-state index in [1.165, 1.54) is 0 Å². The highest BCUT2D eigenvalue weighted by Gasteiger charge is 2.22. The third-order valence-corrected chi connectivity index (χ3v) is 4.49. The summed E-state index contributed by atoms with van der Waals surface area (Å²) < 4.78 is 0. The van der Waals surface area contributed by atoms with Gasteiger partial charge in [0, 0.05) is 36.4 Å². The quantitative estimate of drug-likeness (QED) is 0.936. The first-order valence-electron chi connectivity index (χ1n) is 7.15. The van der Waals surface area contributed by atoms with Gasteiger partial charge in [-0.05, 0) is 30.4 Å². The Morgan fingerprint density at radius 1 is 1.29 bits per heavy atom. The summed E-state index contributed by atoms with van der Waals surface area (Å²) in [5, 5.41) is 5.13. The highest BCUT2D eigenvalue weighted by atomic mass is 32.1. The average molecular weight is 302 g/mol. The van der Waals surface area contributed by atoms with Gasteiger partial charge in [-0.15, -0.1) is 11.3 Å². The number of piperidine rings is 1. The maximum atomic E-state index is 12.0. The molecule has 2 aromatic heterocycles. The van der Waals surface area contributed by atoms with Crippen molar-refractivity contribution >= 4 is 23.2 Å². The molecule has 3 rings (SSSR count). The van der Waals surface area contributed by atoms with E-state index in [2.05, 4.69) is 20.2 Å². The van der Waals surface area contributed by atoms with E-state index in [0.717, 1.165) is 36.8 Å². The third-order valence-electron chi connectivity index (χ3n) is 3.61. The molecule has 0 atom stereocenters. The van der Waals surface area contributed by atoms with E-state index in [-0.39, 0.29) is 11.9 Å². The van der Waals surface area contributed by atoms with E-state index >= 15 is 0 Å². The number of anilines is 1. The molecule has 1 saturated heterocycles. The second-order valence-electron chi connectivity index (χ2n) is 5.13. The van der Waals surface area contributed by atoms with E-state index < -0.39 is 0 Å². The molecule has 0 bridgehead atoms. The van der Waals surface area contributed by atoms with Crippen LogP contribution in [0.15, 0.2) is 36.0 Å². The Kier molecular flexibility index (Phi) is 4.45. The second-order valence-corrected chi connectivity index (χ2v) is 6.17. The SMILES string of the molecule is O=C(Cc1cccs1)NC1CCN(c2ncccn2)CC1. The van der Waals surface area contributed by atoms with Crippen LogP contribution >= 0.6 is 11.3 Å². The fraction of sp³-hybridized carbons (Fsp3) is 0.400. The molecule has 0 aliphatic carbocycles. The van der Waals surface area contributed by atoms with Crippen molar-refractivity contribution in [3.63, 3.8) is 0 Å². The lowest BCUT2D eigenvalue weighted by molar-refractivity contribution is -0.121. The summed E-state index contributed by atoms with van der Waals surface area (Å²) in [4.78, 5) is 23.8. The van der Waals surface area contributed by atoms with E-state index in [0.29, 0.717) is 6.42 Å². The fourth-order valence-corrected chi connectivity index (χ4v) is 3.23. The molecule has 1 amide bonds. The smallest absolute Gasteiger partial charge is 0.225 e. The minimum Gasteiger partial charge on any atom is -0.353 e. The van der Waals surface area contributed by atoms with Crippen molar-refractivity contribution in [1.29, 1.82) is 0 Å². The van der Waals surface area contributed by atoms with Crippen LogP contribution < -0.4 is 10.2 Å². The summed E-state index contributed by atoms with van der Waals surface area (Å²) in [7, 11) is 0. The van der Waals surface area contributed by atoms with Crippen LogP contribution in [0.25, 0.3) is 0 Å². The number of amides is 1.